The highest BCUT2D eigenvalue weighted by atomic mass is 16.5. The quantitative estimate of drug-likeness (QED) is 0.512. The Labute approximate surface area is 127 Å². The van der Waals surface area contributed by atoms with Crippen LogP contribution in [0.5, 0.6) is 0 Å². The Morgan fingerprint density at radius 3 is 2.64 bits per heavy atom. The smallest absolute Gasteiger partial charge is 0.328 e. The molecule has 2 aromatic rings. The van der Waals surface area contributed by atoms with Crippen LogP contribution in [0.25, 0.3) is 11.0 Å². The molecule has 1 aromatic heterocycles. The molecule has 1 heterocycles. The minimum absolute atomic E-state index is 0.173. The normalized spacial score (nSPS) is 12.2. The summed E-state index contributed by atoms with van der Waals surface area (Å²) in [6.45, 7) is 3.54. The fourth-order valence-electron chi connectivity index (χ4n) is 2.05. The number of benzene rings is 1. The molecule has 7 nitrogen and oxygen atoms in total. The third-order valence-electron chi connectivity index (χ3n) is 3.29. The molecule has 0 fully saturated rings. The lowest BCUT2D eigenvalue weighted by Gasteiger charge is -2.19. The Balaban J connectivity index is 2.33. The Morgan fingerprint density at radius 2 is 2.00 bits per heavy atom. The lowest BCUT2D eigenvalue weighted by atomic mass is 10.0. The van der Waals surface area contributed by atoms with Gasteiger partial charge in [0.15, 0.2) is 0 Å². The van der Waals surface area contributed by atoms with Gasteiger partial charge in [-0.1, -0.05) is 26.0 Å². The molecule has 0 spiro atoms. The van der Waals surface area contributed by atoms with Crippen LogP contribution >= 0.6 is 0 Å². The van der Waals surface area contributed by atoms with E-state index in [0.717, 1.165) is 0 Å². The predicted octanol–water partition coefficient (Wildman–Crippen LogP) is 0.796. The van der Waals surface area contributed by atoms with Crippen molar-refractivity contribution in [2.75, 3.05) is 7.11 Å². The largest absolute Gasteiger partial charge is 0.618 e. The minimum atomic E-state index is -0.830. The van der Waals surface area contributed by atoms with Crippen LogP contribution in [0.15, 0.2) is 30.5 Å². The second kappa shape index (κ2) is 6.38. The van der Waals surface area contributed by atoms with E-state index in [1.54, 1.807) is 38.1 Å². The molecule has 116 valence electrons. The maximum atomic E-state index is 12.3. The molecule has 0 aliphatic carbocycles. The molecule has 0 aliphatic rings. The number of carbonyl (C=O) groups is 2. The van der Waals surface area contributed by atoms with Crippen molar-refractivity contribution in [3.05, 3.63) is 41.4 Å². The number of ether oxygens (including phenoxy) is 1. The Bertz CT molecular complexity index is 715. The number of carbonyl (C=O) groups excluding carboxylic acids is 2. The molecule has 1 amide bonds. The molecular weight excluding hydrogens is 286 g/mol. The summed E-state index contributed by atoms with van der Waals surface area (Å²) in [5.74, 6) is -1.41. The third-order valence-corrected chi connectivity index (χ3v) is 3.29. The topological polar surface area (TPSA) is 95.2 Å². The number of nitrogens with zero attached hydrogens (tertiary/aromatic N) is 2. The van der Waals surface area contributed by atoms with E-state index in [0.29, 0.717) is 10.2 Å². The molecule has 1 aromatic carbocycles. The molecule has 0 radical (unpaired) electrons. The van der Waals surface area contributed by atoms with Gasteiger partial charge >= 0.3 is 17.6 Å². The summed E-state index contributed by atoms with van der Waals surface area (Å²) in [4.78, 5) is 28.0. The summed E-state index contributed by atoms with van der Waals surface area (Å²) in [6.07, 6.45) is 1.19. The van der Waals surface area contributed by atoms with Crippen LogP contribution < -0.4 is 10.0 Å². The van der Waals surface area contributed by atoms with E-state index in [9.17, 15) is 14.8 Å². The summed E-state index contributed by atoms with van der Waals surface area (Å²) in [5.41, 5.74) is 0.602. The Kier molecular flexibility index (Phi) is 4.55. The molecule has 7 heteroatoms. The lowest BCUT2D eigenvalue weighted by molar-refractivity contribution is -0.580. The van der Waals surface area contributed by atoms with Crippen LogP contribution in [0.1, 0.15) is 24.3 Å². The second-order valence-corrected chi connectivity index (χ2v) is 5.14. The molecule has 1 unspecified atom stereocenters. The first-order chi connectivity index (χ1) is 10.5. The minimum Gasteiger partial charge on any atom is -0.618 e. The summed E-state index contributed by atoms with van der Waals surface area (Å²) in [6, 6.07) is 5.86. The van der Waals surface area contributed by atoms with Crippen molar-refractivity contribution in [3.8, 4) is 0 Å². The SMILES string of the molecule is COC(=O)C(NC(=O)c1cnc2ccccc2[n+]1[O-])C(C)C. The van der Waals surface area contributed by atoms with Gasteiger partial charge in [-0.05, 0) is 12.0 Å². The van der Waals surface area contributed by atoms with Gasteiger partial charge in [-0.15, -0.1) is 0 Å². The maximum absolute atomic E-state index is 12.3. The van der Waals surface area contributed by atoms with Crippen LogP contribution in [0.2, 0.25) is 0 Å². The zero-order valence-electron chi connectivity index (χ0n) is 12.6. The van der Waals surface area contributed by atoms with Gasteiger partial charge < -0.3 is 15.3 Å². The van der Waals surface area contributed by atoms with Gasteiger partial charge in [0.2, 0.25) is 5.52 Å². The monoisotopic (exact) mass is 303 g/mol. The number of rotatable bonds is 4. The molecule has 2 rings (SSSR count). The first kappa shape index (κ1) is 15.7. The standard InChI is InChI=1S/C15H17N3O4/c1-9(2)13(15(20)22-3)17-14(19)12-8-16-10-6-4-5-7-11(10)18(12)21/h4-9,13H,1-3H3,(H,17,19). The van der Waals surface area contributed by atoms with Gasteiger partial charge in [-0.3, -0.25) is 4.79 Å². The molecular formula is C15H17N3O4. The fraction of sp³-hybridized carbons (Fsp3) is 0.333. The van der Waals surface area contributed by atoms with E-state index in [4.69, 9.17) is 0 Å². The lowest BCUT2D eigenvalue weighted by Crippen LogP contribution is -2.49. The van der Waals surface area contributed by atoms with Crippen molar-refractivity contribution < 1.29 is 19.1 Å². The molecule has 0 bridgehead atoms. The summed E-state index contributed by atoms with van der Waals surface area (Å²) in [5, 5.41) is 14.8. The number of hydrogen-bond acceptors (Lipinski definition) is 5. The van der Waals surface area contributed by atoms with Crippen LogP contribution in [0, 0.1) is 11.1 Å². The summed E-state index contributed by atoms with van der Waals surface area (Å²) < 4.78 is 5.16. The highest BCUT2D eigenvalue weighted by Crippen LogP contribution is 2.08. The van der Waals surface area contributed by atoms with E-state index in [-0.39, 0.29) is 17.1 Å². The number of esters is 1. The van der Waals surface area contributed by atoms with Gasteiger partial charge in [-0.25, -0.2) is 9.78 Å². The average Bonchev–Trinajstić information content (AvgIpc) is 2.52. The van der Waals surface area contributed by atoms with Crippen molar-refractivity contribution in [2.45, 2.75) is 19.9 Å². The first-order valence-corrected chi connectivity index (χ1v) is 6.81. The fourth-order valence-corrected chi connectivity index (χ4v) is 2.05. The number of para-hydroxylation sites is 2. The summed E-state index contributed by atoms with van der Waals surface area (Å²) in [7, 11) is 1.25. The van der Waals surface area contributed by atoms with Gasteiger partial charge in [0.05, 0.1) is 7.11 Å². The van der Waals surface area contributed by atoms with Crippen molar-refractivity contribution in [2.24, 2.45) is 5.92 Å². The number of nitrogens with one attached hydrogen (secondary N) is 1. The molecule has 0 saturated heterocycles. The molecule has 0 saturated carbocycles. The van der Waals surface area contributed by atoms with Gasteiger partial charge in [-0.2, -0.15) is 4.73 Å². The second-order valence-electron chi connectivity index (χ2n) is 5.14. The molecule has 22 heavy (non-hydrogen) atoms. The number of amides is 1. The summed E-state index contributed by atoms with van der Waals surface area (Å²) >= 11 is 0. The highest BCUT2D eigenvalue weighted by molar-refractivity contribution is 5.94. The van der Waals surface area contributed by atoms with Crippen molar-refractivity contribution in [1.29, 1.82) is 0 Å². The van der Waals surface area contributed by atoms with Crippen molar-refractivity contribution in [3.63, 3.8) is 0 Å². The average molecular weight is 303 g/mol. The zero-order valence-corrected chi connectivity index (χ0v) is 12.6. The van der Waals surface area contributed by atoms with Crippen LogP contribution in [0.3, 0.4) is 0 Å². The van der Waals surface area contributed by atoms with Gasteiger partial charge in [0, 0.05) is 6.07 Å². The van der Waals surface area contributed by atoms with Crippen LogP contribution in [-0.4, -0.2) is 30.0 Å². The Morgan fingerprint density at radius 1 is 1.32 bits per heavy atom. The van der Waals surface area contributed by atoms with Crippen molar-refractivity contribution in [1.82, 2.24) is 10.3 Å². The number of methoxy groups -OCH3 is 1. The number of aromatic nitrogens is 2. The molecule has 1 atom stereocenters. The maximum Gasteiger partial charge on any atom is 0.328 e. The van der Waals surface area contributed by atoms with E-state index >= 15 is 0 Å². The van der Waals surface area contributed by atoms with Crippen LogP contribution in [-0.2, 0) is 9.53 Å². The molecule has 1 N–H and O–H groups in total. The van der Waals surface area contributed by atoms with Crippen molar-refractivity contribution >= 4 is 22.9 Å². The van der Waals surface area contributed by atoms with E-state index in [2.05, 4.69) is 15.0 Å². The van der Waals surface area contributed by atoms with E-state index < -0.39 is 17.9 Å². The Hall–Kier alpha value is -2.70. The van der Waals surface area contributed by atoms with E-state index in [1.165, 1.54) is 13.3 Å². The van der Waals surface area contributed by atoms with Gasteiger partial charge in [0.25, 0.3) is 0 Å². The van der Waals surface area contributed by atoms with Gasteiger partial charge in [0.1, 0.15) is 17.8 Å². The first-order valence-electron chi connectivity index (χ1n) is 6.81. The zero-order chi connectivity index (χ0) is 16.3. The molecule has 0 aliphatic heterocycles. The number of hydrogen-bond donors (Lipinski definition) is 1. The highest BCUT2D eigenvalue weighted by Gasteiger charge is 2.29. The van der Waals surface area contributed by atoms with E-state index in [1.807, 2.05) is 0 Å². The third kappa shape index (κ3) is 2.98. The predicted molar refractivity (Wildman–Crippen MR) is 78.8 cm³/mol. The van der Waals surface area contributed by atoms with Crippen LogP contribution in [0.4, 0.5) is 0 Å². The number of fused-ring (bicyclic) bond motifs is 1.